The van der Waals surface area contributed by atoms with Crippen LogP contribution in [0.3, 0.4) is 0 Å². The van der Waals surface area contributed by atoms with E-state index in [2.05, 4.69) is 20.8 Å². The average Bonchev–Trinajstić information content (AvgIpc) is 3.94. The Kier molecular flexibility index (Phi) is 68.4. The van der Waals surface area contributed by atoms with Gasteiger partial charge in [-0.25, -0.2) is 0 Å². The molecule has 7 fully saturated rings. The molecule has 7 aliphatic rings. The summed E-state index contributed by atoms with van der Waals surface area (Å²) in [6.45, 7) is 7.28. The Morgan fingerprint density at radius 3 is 1.03 bits per heavy atom. The molecule has 0 amide bonds. The van der Waals surface area contributed by atoms with E-state index in [0.29, 0.717) is 5.41 Å². The first-order chi connectivity index (χ1) is 24.2. The van der Waals surface area contributed by atoms with Crippen molar-refractivity contribution in [3.05, 3.63) is 44.6 Å². The number of rotatable bonds is 6. The van der Waals surface area contributed by atoms with Gasteiger partial charge < -0.3 is 44.6 Å². The maximum absolute atomic E-state index is 4.93. The standard InChI is InChI=1S/C15H26.C15H28.C11H20.2CH4.6CH3.6ClH.FH.3Zr/c1-2-6-12(5-1)11-14-10-9-13-7-3-4-8-15(13)14;1-15(2,3)14-9-8-13(11-14)10-12-6-4-5-7-12;1-2-6-10(5-1)9-11-7-3-4-8-11;;;;;;;;;;;;;;;;;;/h12-15H,1-11H2;12-14H,4-11H2,1-3H3;10-11H,1-9H2;2*1H4;6*1H3;7*1H;;;/q;;;;;6*-1;;;;;;;;3*+4/p-6. The SMILES string of the molecule is C.C.C1CCC(CC2CCC3CCCCC32)C1.C1CCC(CC2CCCC2)C1.CC(C)(C)C1CCC(CC2CCCC2)C1.F.[CH3-].[CH3-].[CH3-].[CH3-].[CH3-].[CH3-].[Cl][Zr+2][Cl].[Cl][Zr+2][Cl].[Cl][Zr+2][Cl]. The summed E-state index contributed by atoms with van der Waals surface area (Å²) in [6.07, 6.45) is 43.3. The second kappa shape index (κ2) is 50.2. The molecule has 0 aromatic heterocycles. The first kappa shape index (κ1) is 80.4. The van der Waals surface area contributed by atoms with Crippen LogP contribution in [-0.2, 0) is 62.5 Å². The summed E-state index contributed by atoms with van der Waals surface area (Å²) in [6, 6.07) is 0. The van der Waals surface area contributed by atoms with Crippen LogP contribution >= 0.6 is 51.1 Å². The van der Waals surface area contributed by atoms with Crippen molar-refractivity contribution in [2.75, 3.05) is 0 Å². The van der Waals surface area contributed by atoms with Crippen molar-refractivity contribution in [2.24, 2.45) is 58.7 Å². The molecule has 59 heavy (non-hydrogen) atoms. The van der Waals surface area contributed by atoms with Crippen LogP contribution in [0.2, 0.25) is 0 Å². The monoisotopic (exact) mass is 1190 g/mol. The van der Waals surface area contributed by atoms with E-state index >= 15 is 0 Å². The normalized spacial score (nSPS) is 25.1. The van der Waals surface area contributed by atoms with Gasteiger partial charge in [0.15, 0.2) is 0 Å². The van der Waals surface area contributed by atoms with Gasteiger partial charge in [0.1, 0.15) is 0 Å². The van der Waals surface area contributed by atoms with Crippen molar-refractivity contribution in [1.29, 1.82) is 0 Å². The molecular weight excluding hydrogens is 1090 g/mol. The summed E-state index contributed by atoms with van der Waals surface area (Å²) in [5.41, 5.74) is 0.560. The molecule has 5 atom stereocenters. The van der Waals surface area contributed by atoms with Crippen molar-refractivity contribution < 1.29 is 67.2 Å². The van der Waals surface area contributed by atoms with Crippen molar-refractivity contribution in [3.63, 3.8) is 0 Å². The Morgan fingerprint density at radius 2 is 0.695 bits per heavy atom. The zero-order chi connectivity index (χ0) is 36.6. The molecule has 7 aliphatic carbocycles. The van der Waals surface area contributed by atoms with Gasteiger partial charge in [-0.15, -0.1) is 0 Å². The number of fused-ring (bicyclic) bond motifs is 1. The zero-order valence-electron chi connectivity index (χ0n) is 38.7. The van der Waals surface area contributed by atoms with E-state index in [1.54, 1.807) is 89.9 Å². The summed E-state index contributed by atoms with van der Waals surface area (Å²) >= 11 is -2.48. The van der Waals surface area contributed by atoms with Crippen molar-refractivity contribution in [3.8, 4) is 0 Å². The third-order valence-electron chi connectivity index (χ3n) is 14.1. The fraction of sp³-hybridized carbons (Fsp3) is 0.878. The van der Waals surface area contributed by atoms with Crippen LogP contribution in [-0.4, -0.2) is 0 Å². The molecule has 0 aliphatic heterocycles. The predicted molar refractivity (Wildman–Crippen MR) is 270 cm³/mol. The van der Waals surface area contributed by atoms with Gasteiger partial charge in [-0.3, -0.25) is 4.70 Å². The van der Waals surface area contributed by atoms with Gasteiger partial charge in [0.05, 0.1) is 0 Å². The number of hydrogen-bond donors (Lipinski definition) is 0. The van der Waals surface area contributed by atoms with E-state index in [4.69, 9.17) is 51.1 Å². The molecule has 7 saturated carbocycles. The quantitative estimate of drug-likeness (QED) is 0.233. The van der Waals surface area contributed by atoms with Crippen LogP contribution in [0.5, 0.6) is 0 Å². The van der Waals surface area contributed by atoms with Crippen LogP contribution in [0.25, 0.3) is 0 Å². The van der Waals surface area contributed by atoms with E-state index < -0.39 is 62.5 Å². The first-order valence-electron chi connectivity index (χ1n) is 21.1. The molecule has 0 bridgehead atoms. The zero-order valence-corrected chi connectivity index (χ0v) is 50.6. The van der Waals surface area contributed by atoms with Gasteiger partial charge in [-0.2, -0.15) is 0 Å². The molecular formula is C49H101Cl6FZr3. The molecule has 0 saturated heterocycles. The first-order valence-corrected chi connectivity index (χ1v) is 40.1. The van der Waals surface area contributed by atoms with Crippen LogP contribution < -0.4 is 0 Å². The molecule has 0 spiro atoms. The third-order valence-corrected chi connectivity index (χ3v) is 14.1. The fourth-order valence-corrected chi connectivity index (χ4v) is 11.6. The molecule has 7 rings (SSSR count). The Labute approximate surface area is 431 Å². The Morgan fingerprint density at radius 1 is 0.390 bits per heavy atom. The van der Waals surface area contributed by atoms with E-state index in [1.165, 1.54) is 95.8 Å². The molecule has 0 heterocycles. The predicted octanol–water partition coefficient (Wildman–Crippen LogP) is 21.8. The minimum absolute atomic E-state index is 0. The summed E-state index contributed by atoms with van der Waals surface area (Å²) in [4.78, 5) is 0. The van der Waals surface area contributed by atoms with Crippen LogP contribution in [0.1, 0.15) is 215 Å². The molecule has 10 heteroatoms. The van der Waals surface area contributed by atoms with Gasteiger partial charge in [0.2, 0.25) is 0 Å². The van der Waals surface area contributed by atoms with E-state index in [9.17, 15) is 0 Å². The van der Waals surface area contributed by atoms with Gasteiger partial charge in [-0.1, -0.05) is 164 Å². The topological polar surface area (TPSA) is 0 Å². The van der Waals surface area contributed by atoms with Gasteiger partial charge >= 0.3 is 114 Å². The van der Waals surface area contributed by atoms with Crippen LogP contribution in [0.4, 0.5) is 4.70 Å². The van der Waals surface area contributed by atoms with E-state index in [-0.39, 0.29) is 64.1 Å². The van der Waals surface area contributed by atoms with Gasteiger partial charge in [0.25, 0.3) is 0 Å². The number of hydrogen-bond acceptors (Lipinski definition) is 0. The summed E-state index contributed by atoms with van der Waals surface area (Å²) < 4.78 is 0. The fourth-order valence-electron chi connectivity index (χ4n) is 11.6. The molecule has 0 radical (unpaired) electrons. The molecule has 0 N–H and O–H groups in total. The van der Waals surface area contributed by atoms with Crippen LogP contribution in [0.15, 0.2) is 0 Å². The van der Waals surface area contributed by atoms with E-state index in [1.807, 2.05) is 0 Å². The van der Waals surface area contributed by atoms with Crippen molar-refractivity contribution in [1.82, 2.24) is 0 Å². The van der Waals surface area contributed by atoms with Crippen molar-refractivity contribution in [2.45, 2.75) is 215 Å². The van der Waals surface area contributed by atoms with Crippen molar-refractivity contribution >= 4 is 51.1 Å². The second-order valence-corrected chi connectivity index (χ2v) is 29.5. The van der Waals surface area contributed by atoms with Gasteiger partial charge in [-0.05, 0) is 110 Å². The molecule has 0 aromatic carbocycles. The van der Waals surface area contributed by atoms with Crippen LogP contribution in [0, 0.1) is 103 Å². The number of halogens is 7. The summed E-state index contributed by atoms with van der Waals surface area (Å²) in [5.74, 6) is 10.1. The summed E-state index contributed by atoms with van der Waals surface area (Å²) in [7, 11) is 29.6. The molecule has 358 valence electrons. The maximum atomic E-state index is 4.93. The Hall–Kier alpha value is 4.32. The third kappa shape index (κ3) is 36.0. The van der Waals surface area contributed by atoms with Gasteiger partial charge in [0, 0.05) is 0 Å². The Balaban J connectivity index is -0.0000000941. The minimum atomic E-state index is -0.826. The van der Waals surface area contributed by atoms with E-state index in [0.717, 1.165) is 47.3 Å². The Bertz CT molecular complexity index is 767. The molecule has 0 aromatic rings. The average molecular weight is 1200 g/mol. The summed E-state index contributed by atoms with van der Waals surface area (Å²) in [5, 5.41) is 0. The second-order valence-electron chi connectivity index (χ2n) is 18.3. The molecule has 0 nitrogen and oxygen atoms in total. The molecule has 5 unspecified atom stereocenters.